The topological polar surface area (TPSA) is 61.3 Å². The lowest BCUT2D eigenvalue weighted by Crippen LogP contribution is -2.23. The molecular formula is C13H18N4OS. The number of anilines is 1. The zero-order valence-corrected chi connectivity index (χ0v) is 11.8. The molecule has 19 heavy (non-hydrogen) atoms. The molecule has 0 radical (unpaired) electrons. The predicted octanol–water partition coefficient (Wildman–Crippen LogP) is 1.69. The number of aliphatic hydroxyl groups excluding tert-OH is 1. The van der Waals surface area contributed by atoms with Gasteiger partial charge in [0.2, 0.25) is 0 Å². The molecule has 0 saturated carbocycles. The smallest absolute Gasteiger partial charge is 0.146 e. The normalized spacial score (nSPS) is 20.2. The monoisotopic (exact) mass is 278 g/mol. The number of β-amino-alcohol motifs (C(OH)–C–C–N with tert-alkyl or cyclic N) is 1. The number of aromatic nitrogens is 2. The molecule has 0 aromatic carbocycles. The van der Waals surface area contributed by atoms with Crippen LogP contribution in [0.3, 0.4) is 0 Å². The van der Waals surface area contributed by atoms with E-state index in [0.29, 0.717) is 6.54 Å². The average molecular weight is 278 g/mol. The second-order valence-electron chi connectivity index (χ2n) is 4.84. The standard InChI is InChI=1S/C13H18N4OS/c1-2-14-12-10-4-6-19-13(10)16-11(15-12)8-17-5-3-9(18)7-17/h4,6,9,18H,2-3,5,7-8H2,1H3,(H,14,15,16). The number of hydrogen-bond donors (Lipinski definition) is 2. The maximum atomic E-state index is 9.56. The van der Waals surface area contributed by atoms with Crippen molar-refractivity contribution in [2.45, 2.75) is 26.0 Å². The molecule has 1 atom stereocenters. The number of aliphatic hydroxyl groups is 1. The molecule has 0 amide bonds. The van der Waals surface area contributed by atoms with E-state index in [1.807, 2.05) is 5.38 Å². The highest BCUT2D eigenvalue weighted by Crippen LogP contribution is 2.25. The summed E-state index contributed by atoms with van der Waals surface area (Å²) in [5, 5.41) is 16.0. The minimum absolute atomic E-state index is 0.196. The maximum Gasteiger partial charge on any atom is 0.146 e. The number of hydrogen-bond acceptors (Lipinski definition) is 6. The Morgan fingerprint density at radius 2 is 2.42 bits per heavy atom. The Hall–Kier alpha value is -1.24. The molecule has 1 aliphatic heterocycles. The second-order valence-corrected chi connectivity index (χ2v) is 5.73. The molecule has 1 aliphatic rings. The van der Waals surface area contributed by atoms with Crippen LogP contribution in [0.4, 0.5) is 5.82 Å². The quantitative estimate of drug-likeness (QED) is 0.891. The summed E-state index contributed by atoms with van der Waals surface area (Å²) in [4.78, 5) is 12.5. The van der Waals surface area contributed by atoms with Crippen LogP contribution < -0.4 is 5.32 Å². The van der Waals surface area contributed by atoms with Crippen LogP contribution in [-0.4, -0.2) is 45.7 Å². The van der Waals surface area contributed by atoms with Crippen molar-refractivity contribution in [2.24, 2.45) is 0 Å². The average Bonchev–Trinajstić information content (AvgIpc) is 2.99. The summed E-state index contributed by atoms with van der Waals surface area (Å²) < 4.78 is 0. The minimum atomic E-state index is -0.196. The van der Waals surface area contributed by atoms with E-state index in [-0.39, 0.29) is 6.10 Å². The van der Waals surface area contributed by atoms with E-state index in [4.69, 9.17) is 0 Å². The van der Waals surface area contributed by atoms with Gasteiger partial charge < -0.3 is 10.4 Å². The Kier molecular flexibility index (Phi) is 3.63. The Morgan fingerprint density at radius 3 is 3.16 bits per heavy atom. The molecule has 0 bridgehead atoms. The Balaban J connectivity index is 1.86. The summed E-state index contributed by atoms with van der Waals surface area (Å²) in [5.41, 5.74) is 0. The molecule has 1 fully saturated rings. The molecule has 0 aliphatic carbocycles. The van der Waals surface area contributed by atoms with Crippen LogP contribution in [-0.2, 0) is 6.54 Å². The van der Waals surface area contributed by atoms with E-state index >= 15 is 0 Å². The summed E-state index contributed by atoms with van der Waals surface area (Å²) in [6.45, 7) is 5.27. The van der Waals surface area contributed by atoms with E-state index in [1.165, 1.54) is 0 Å². The molecule has 3 heterocycles. The van der Waals surface area contributed by atoms with Crippen molar-refractivity contribution in [2.75, 3.05) is 25.0 Å². The summed E-state index contributed by atoms with van der Waals surface area (Å²) in [7, 11) is 0. The van der Waals surface area contributed by atoms with Gasteiger partial charge in [-0.25, -0.2) is 9.97 Å². The second kappa shape index (κ2) is 5.40. The molecule has 0 spiro atoms. The van der Waals surface area contributed by atoms with Crippen molar-refractivity contribution in [3.8, 4) is 0 Å². The van der Waals surface area contributed by atoms with Crippen molar-refractivity contribution in [1.29, 1.82) is 0 Å². The zero-order valence-electron chi connectivity index (χ0n) is 11.0. The lowest BCUT2D eigenvalue weighted by Gasteiger charge is -2.14. The molecule has 6 heteroatoms. The van der Waals surface area contributed by atoms with E-state index in [9.17, 15) is 5.11 Å². The molecule has 2 aromatic heterocycles. The summed E-state index contributed by atoms with van der Waals surface area (Å²) in [6, 6.07) is 2.06. The fraction of sp³-hybridized carbons (Fsp3) is 0.538. The van der Waals surface area contributed by atoms with Gasteiger partial charge in [0.05, 0.1) is 18.0 Å². The molecule has 3 rings (SSSR count). The highest BCUT2D eigenvalue weighted by atomic mass is 32.1. The number of nitrogens with one attached hydrogen (secondary N) is 1. The van der Waals surface area contributed by atoms with Crippen LogP contribution in [0.15, 0.2) is 11.4 Å². The first kappa shape index (κ1) is 12.8. The minimum Gasteiger partial charge on any atom is -0.392 e. The SMILES string of the molecule is CCNc1nc(CN2CCC(O)C2)nc2sccc12. The first-order valence-electron chi connectivity index (χ1n) is 6.64. The van der Waals surface area contributed by atoms with Crippen LogP contribution in [0.2, 0.25) is 0 Å². The lowest BCUT2D eigenvalue weighted by molar-refractivity contribution is 0.174. The van der Waals surface area contributed by atoms with Gasteiger partial charge in [0.1, 0.15) is 16.5 Å². The number of nitrogens with zero attached hydrogens (tertiary/aromatic N) is 3. The van der Waals surface area contributed by atoms with Crippen molar-refractivity contribution in [3.63, 3.8) is 0 Å². The van der Waals surface area contributed by atoms with Gasteiger partial charge in [-0.2, -0.15) is 0 Å². The maximum absolute atomic E-state index is 9.56. The molecule has 102 valence electrons. The van der Waals surface area contributed by atoms with Gasteiger partial charge in [-0.3, -0.25) is 4.90 Å². The van der Waals surface area contributed by atoms with Crippen molar-refractivity contribution in [1.82, 2.24) is 14.9 Å². The zero-order chi connectivity index (χ0) is 13.2. The Bertz CT molecular complexity index is 571. The molecular weight excluding hydrogens is 260 g/mol. The summed E-state index contributed by atoms with van der Waals surface area (Å²) in [5.74, 6) is 1.75. The molecule has 1 unspecified atom stereocenters. The van der Waals surface area contributed by atoms with E-state index in [0.717, 1.165) is 47.9 Å². The predicted molar refractivity (Wildman–Crippen MR) is 77.5 cm³/mol. The lowest BCUT2D eigenvalue weighted by atomic mass is 10.3. The largest absolute Gasteiger partial charge is 0.392 e. The summed E-state index contributed by atoms with van der Waals surface area (Å²) in [6.07, 6.45) is 0.653. The van der Waals surface area contributed by atoms with Gasteiger partial charge in [0, 0.05) is 19.6 Å². The van der Waals surface area contributed by atoms with E-state index in [2.05, 4.69) is 33.2 Å². The third-order valence-electron chi connectivity index (χ3n) is 3.33. The van der Waals surface area contributed by atoms with Gasteiger partial charge in [-0.15, -0.1) is 11.3 Å². The van der Waals surface area contributed by atoms with Crippen LogP contribution >= 0.6 is 11.3 Å². The number of fused-ring (bicyclic) bond motifs is 1. The fourth-order valence-electron chi connectivity index (χ4n) is 2.43. The highest BCUT2D eigenvalue weighted by molar-refractivity contribution is 7.16. The third-order valence-corrected chi connectivity index (χ3v) is 4.13. The van der Waals surface area contributed by atoms with Crippen molar-refractivity contribution < 1.29 is 5.11 Å². The number of thiophene rings is 1. The van der Waals surface area contributed by atoms with Gasteiger partial charge in [-0.05, 0) is 24.8 Å². The fourth-order valence-corrected chi connectivity index (χ4v) is 3.21. The first-order valence-corrected chi connectivity index (χ1v) is 7.52. The third kappa shape index (κ3) is 2.70. The van der Waals surface area contributed by atoms with Crippen molar-refractivity contribution in [3.05, 3.63) is 17.3 Å². The summed E-state index contributed by atoms with van der Waals surface area (Å²) >= 11 is 1.64. The highest BCUT2D eigenvalue weighted by Gasteiger charge is 2.21. The molecule has 1 saturated heterocycles. The Morgan fingerprint density at radius 1 is 1.53 bits per heavy atom. The van der Waals surface area contributed by atoms with E-state index < -0.39 is 0 Å². The van der Waals surface area contributed by atoms with E-state index in [1.54, 1.807) is 11.3 Å². The number of rotatable bonds is 4. The van der Waals surface area contributed by atoms with Crippen LogP contribution in [0.1, 0.15) is 19.2 Å². The Labute approximate surface area is 116 Å². The van der Waals surface area contributed by atoms with Crippen molar-refractivity contribution >= 4 is 27.4 Å². The van der Waals surface area contributed by atoms with Gasteiger partial charge in [-0.1, -0.05) is 0 Å². The number of likely N-dealkylation sites (tertiary alicyclic amines) is 1. The van der Waals surface area contributed by atoms with Crippen LogP contribution in [0.25, 0.3) is 10.2 Å². The molecule has 2 aromatic rings. The molecule has 5 nitrogen and oxygen atoms in total. The van der Waals surface area contributed by atoms with Crippen LogP contribution in [0.5, 0.6) is 0 Å². The van der Waals surface area contributed by atoms with Gasteiger partial charge >= 0.3 is 0 Å². The first-order chi connectivity index (χ1) is 9.26. The molecule has 2 N–H and O–H groups in total. The van der Waals surface area contributed by atoms with Crippen LogP contribution in [0, 0.1) is 0 Å². The van der Waals surface area contributed by atoms with Gasteiger partial charge in [0.15, 0.2) is 0 Å². The van der Waals surface area contributed by atoms with Gasteiger partial charge in [0.25, 0.3) is 0 Å².